The SMILES string of the molecule is [C-]#[N+]c1c(C)c(N=Nc2cccc3c2C(=O)c2c(Cl)cccc2C3=O)c(=O)n(C)c1O.[C-]#[N+]c1c(C)c(N=Nc2cccc3c2C(=O)c2cc(Cl)ccc2C3=O)c(=O)n(C)c1O.[C-]#[N+]c1c(C)c(N=Nc2cccc3c2C(=O)c2cc(Cl)ccc2C3=O)c(=O)n(C)c1O.[C-]#[N+]c1c(C)c(N=Nc2cccc3c2C(=O)c2cc(Cl)ccc2C3=O)c(=O)n(C)c1O. The molecule has 0 saturated heterocycles. The van der Waals surface area contributed by atoms with Crippen LogP contribution in [0.15, 0.2) is 206 Å². The van der Waals surface area contributed by atoms with Crippen molar-refractivity contribution < 1.29 is 58.8 Å². The quantitative estimate of drug-likeness (QED) is 0.0811. The molecule has 124 heavy (non-hydrogen) atoms. The Morgan fingerprint density at radius 2 is 0.484 bits per heavy atom. The van der Waals surface area contributed by atoms with E-state index in [1.165, 1.54) is 153 Å². The van der Waals surface area contributed by atoms with Crippen molar-refractivity contribution in [1.29, 1.82) is 0 Å². The lowest BCUT2D eigenvalue weighted by molar-refractivity contribution is 0.0979. The standard InChI is InChI=1S/4C22H13ClN4O4/c1-10-17(24-2)21(30)27(3)22(31)18(10)26-25-14-9-5-7-12-16(14)20(29)15-11(19(12)28)6-4-8-13(15)23;3*1-10-17(24-2)21(30)27(3)22(31)18(10)26-25-15-6-4-5-13-16(15)20(29)14-9-11(23)7-8-12(14)19(13)28/h4*4-9,30H,1,3H3. The van der Waals surface area contributed by atoms with Crippen molar-refractivity contribution in [2.45, 2.75) is 27.7 Å². The van der Waals surface area contributed by atoms with Gasteiger partial charge in [-0.1, -0.05) is 107 Å². The van der Waals surface area contributed by atoms with E-state index in [2.05, 4.69) is 60.3 Å². The summed E-state index contributed by atoms with van der Waals surface area (Å²) in [6.45, 7) is 34.8. The molecule has 4 aliphatic rings. The molecule has 0 amide bonds. The molecule has 608 valence electrons. The smallest absolute Gasteiger partial charge is 0.278 e. The van der Waals surface area contributed by atoms with Gasteiger partial charge in [0.15, 0.2) is 69.8 Å². The zero-order valence-corrected chi connectivity index (χ0v) is 68.2. The van der Waals surface area contributed by atoms with Gasteiger partial charge < -0.3 is 20.4 Å². The van der Waals surface area contributed by atoms with Gasteiger partial charge in [-0.25, -0.2) is 19.4 Å². The Balaban J connectivity index is 0.000000142. The molecule has 0 fully saturated rings. The Morgan fingerprint density at radius 3 is 0.726 bits per heavy atom. The summed E-state index contributed by atoms with van der Waals surface area (Å²) in [7, 11) is 5.21. The Morgan fingerprint density at radius 1 is 0.266 bits per heavy atom. The molecule has 36 heteroatoms. The van der Waals surface area contributed by atoms with Crippen molar-refractivity contribution in [3.05, 3.63) is 364 Å². The highest BCUT2D eigenvalue weighted by atomic mass is 35.5. The molecule has 0 spiro atoms. The number of fused-ring (bicyclic) bond motifs is 8. The van der Waals surface area contributed by atoms with Crippen molar-refractivity contribution >= 4 is 161 Å². The number of hydrogen-bond donors (Lipinski definition) is 4. The summed E-state index contributed by atoms with van der Waals surface area (Å²) in [6, 6.07) is 36.4. The van der Waals surface area contributed by atoms with E-state index >= 15 is 0 Å². The van der Waals surface area contributed by atoms with E-state index in [-0.39, 0.29) is 208 Å². The Labute approximate surface area is 718 Å². The Bertz CT molecular complexity index is 7030. The molecule has 0 atom stereocenters. The maximum absolute atomic E-state index is 13.2. The molecule has 16 rings (SSSR count). The highest BCUT2D eigenvalue weighted by molar-refractivity contribution is 6.40. The van der Waals surface area contributed by atoms with Gasteiger partial charge in [0.05, 0.1) is 81.9 Å². The van der Waals surface area contributed by atoms with E-state index in [4.69, 9.17) is 72.7 Å². The molecular formula is C88H52Cl4N16O16. The molecule has 0 bridgehead atoms. The second-order valence-corrected chi connectivity index (χ2v) is 29.2. The number of ketones is 8. The normalized spacial score (nSPS) is 12.6. The second-order valence-electron chi connectivity index (χ2n) is 27.5. The number of hydrogen-bond acceptors (Lipinski definition) is 24. The summed E-state index contributed by atoms with van der Waals surface area (Å²) in [5.41, 5.74) is -0.283. The van der Waals surface area contributed by atoms with Crippen LogP contribution in [0.3, 0.4) is 0 Å². The lowest BCUT2D eigenvalue weighted by atomic mass is 9.83. The minimum atomic E-state index is -0.660. The number of pyridine rings is 4. The zero-order chi connectivity index (χ0) is 89.8. The first-order valence-corrected chi connectivity index (χ1v) is 37.5. The Kier molecular flexibility index (Phi) is 23.3. The van der Waals surface area contributed by atoms with Gasteiger partial charge in [-0.2, -0.15) is 0 Å². The van der Waals surface area contributed by atoms with Gasteiger partial charge in [-0.15, -0.1) is 40.9 Å². The number of aromatic hydroxyl groups is 4. The molecule has 32 nitrogen and oxygen atoms in total. The van der Waals surface area contributed by atoms with Gasteiger partial charge in [0, 0.05) is 104 Å². The van der Waals surface area contributed by atoms with Crippen LogP contribution >= 0.6 is 46.4 Å². The number of nitrogens with zero attached hydrogens (tertiary/aromatic N) is 16. The Hall–Kier alpha value is -16.4. The van der Waals surface area contributed by atoms with Gasteiger partial charge in [0.25, 0.3) is 22.2 Å². The van der Waals surface area contributed by atoms with Crippen LogP contribution in [0, 0.1) is 54.0 Å². The number of halogens is 4. The summed E-state index contributed by atoms with van der Waals surface area (Å²) in [5, 5.41) is 73.2. The summed E-state index contributed by atoms with van der Waals surface area (Å²) >= 11 is 24.2. The average Bonchev–Trinajstić information content (AvgIpc) is 0.750. The molecule has 0 unspecified atom stereocenters. The molecular weight excluding hydrogens is 1680 g/mol. The molecule has 0 saturated carbocycles. The van der Waals surface area contributed by atoms with Gasteiger partial charge in [-0.3, -0.25) is 75.8 Å². The largest absolute Gasteiger partial charge is 0.503 e. The van der Waals surface area contributed by atoms with Crippen LogP contribution in [0.5, 0.6) is 23.5 Å². The predicted octanol–water partition coefficient (Wildman–Crippen LogP) is 19.2. The first-order chi connectivity index (χ1) is 59.0. The van der Waals surface area contributed by atoms with Gasteiger partial charge in [0.1, 0.15) is 22.7 Å². The van der Waals surface area contributed by atoms with Crippen molar-refractivity contribution in [1.82, 2.24) is 18.3 Å². The van der Waals surface area contributed by atoms with Gasteiger partial charge >= 0.3 is 0 Å². The van der Waals surface area contributed by atoms with Crippen LogP contribution in [0.2, 0.25) is 20.1 Å². The number of carbonyl (C=O) groups excluding carboxylic acids is 8. The highest BCUT2D eigenvalue weighted by Gasteiger charge is 2.38. The van der Waals surface area contributed by atoms with Crippen LogP contribution < -0.4 is 22.2 Å². The van der Waals surface area contributed by atoms with Crippen LogP contribution in [-0.2, 0) is 28.2 Å². The summed E-state index contributed by atoms with van der Waals surface area (Å²) < 4.78 is 3.56. The molecule has 8 aromatic carbocycles. The summed E-state index contributed by atoms with van der Waals surface area (Å²) in [6.07, 6.45) is 0. The molecule has 0 aliphatic heterocycles. The predicted molar refractivity (Wildman–Crippen MR) is 453 cm³/mol. The first kappa shape index (κ1) is 85.5. The number of rotatable bonds is 8. The van der Waals surface area contributed by atoms with Gasteiger partial charge in [0.2, 0.25) is 22.7 Å². The van der Waals surface area contributed by atoms with Gasteiger partial charge in [-0.05, 0) is 135 Å². The van der Waals surface area contributed by atoms with E-state index in [9.17, 15) is 78.0 Å². The zero-order valence-electron chi connectivity index (χ0n) is 65.2. The van der Waals surface area contributed by atoms with E-state index in [1.54, 1.807) is 48.5 Å². The fourth-order valence-corrected chi connectivity index (χ4v) is 14.6. The first-order valence-electron chi connectivity index (χ1n) is 36.0. The summed E-state index contributed by atoms with van der Waals surface area (Å²) in [4.78, 5) is 167. The fraction of sp³-hybridized carbons (Fsp3) is 0.0909. The lowest BCUT2D eigenvalue weighted by Gasteiger charge is -2.19. The monoisotopic (exact) mass is 1730 g/mol. The minimum Gasteiger partial charge on any atom is -0.503 e. The second kappa shape index (κ2) is 33.8. The molecule has 4 heterocycles. The topological polar surface area (TPSA) is 422 Å². The van der Waals surface area contributed by atoms with Crippen LogP contribution in [0.25, 0.3) is 19.4 Å². The lowest BCUT2D eigenvalue weighted by Crippen LogP contribution is -2.21. The van der Waals surface area contributed by atoms with Crippen LogP contribution in [-0.4, -0.2) is 85.0 Å². The number of benzene rings is 8. The number of carbonyl (C=O) groups is 8. The third-order valence-corrected chi connectivity index (χ3v) is 21.4. The third-order valence-electron chi connectivity index (χ3n) is 20.4. The van der Waals surface area contributed by atoms with E-state index in [0.29, 0.717) is 15.1 Å². The van der Waals surface area contributed by atoms with Crippen molar-refractivity contribution in [2.75, 3.05) is 0 Å². The van der Waals surface area contributed by atoms with Crippen molar-refractivity contribution in [3.63, 3.8) is 0 Å². The van der Waals surface area contributed by atoms with E-state index < -0.39 is 68.9 Å². The highest BCUT2D eigenvalue weighted by Crippen LogP contribution is 2.45. The fourth-order valence-electron chi connectivity index (χ4n) is 13.8. The average molecular weight is 1730 g/mol. The number of azo groups is 4. The van der Waals surface area contributed by atoms with Crippen molar-refractivity contribution in [3.8, 4) is 23.5 Å². The van der Waals surface area contributed by atoms with Crippen molar-refractivity contribution in [2.24, 2.45) is 69.1 Å². The minimum absolute atomic E-state index is 0.0375. The number of aromatic nitrogens is 4. The maximum atomic E-state index is 13.2. The molecule has 4 N–H and O–H groups in total. The van der Waals surface area contributed by atoms with E-state index in [1.807, 2.05) is 0 Å². The van der Waals surface area contributed by atoms with Crippen LogP contribution in [0.4, 0.5) is 68.2 Å². The molecule has 4 aromatic heterocycles. The van der Waals surface area contributed by atoms with E-state index in [0.717, 1.165) is 18.3 Å². The maximum Gasteiger partial charge on any atom is 0.278 e. The van der Waals surface area contributed by atoms with Crippen LogP contribution in [0.1, 0.15) is 150 Å². The molecule has 12 aromatic rings. The third kappa shape index (κ3) is 14.7. The summed E-state index contributed by atoms with van der Waals surface area (Å²) in [5.74, 6) is -5.04. The molecule has 4 aliphatic carbocycles. The molecule has 0 radical (unpaired) electrons.